The van der Waals surface area contributed by atoms with E-state index in [2.05, 4.69) is 33.4 Å². The van der Waals surface area contributed by atoms with E-state index in [0.717, 1.165) is 28.8 Å². The van der Waals surface area contributed by atoms with Gasteiger partial charge in [0.2, 0.25) is 5.95 Å². The lowest BCUT2D eigenvalue weighted by molar-refractivity contribution is 0.429. The molecule has 1 aromatic carbocycles. The highest BCUT2D eigenvalue weighted by Gasteiger charge is 2.17. The molecule has 0 fully saturated rings. The zero-order chi connectivity index (χ0) is 22.1. The lowest BCUT2D eigenvalue weighted by Gasteiger charge is -2.23. The van der Waals surface area contributed by atoms with Gasteiger partial charge in [0.25, 0.3) is 0 Å². The molecule has 0 radical (unpaired) electrons. The van der Waals surface area contributed by atoms with E-state index in [1.807, 2.05) is 18.2 Å². The number of nitrogens with two attached hydrogens (primary N) is 1. The molecule has 3 N–H and O–H groups in total. The Bertz CT molecular complexity index is 1300. The van der Waals surface area contributed by atoms with Crippen LogP contribution in [0.3, 0.4) is 0 Å². The topological polar surface area (TPSA) is 102 Å². The molecule has 1 aliphatic rings. The summed E-state index contributed by atoms with van der Waals surface area (Å²) in [5.41, 5.74) is 8.38. The van der Waals surface area contributed by atoms with Crippen molar-refractivity contribution in [1.82, 2.24) is 23.9 Å². The predicted molar refractivity (Wildman–Crippen MR) is 120 cm³/mol. The number of anilines is 3. The quantitative estimate of drug-likeness (QED) is 0.463. The fourth-order valence-corrected chi connectivity index (χ4v) is 3.64. The zero-order valence-electron chi connectivity index (χ0n) is 16.5. The molecular formula is C21H19ClFN7O. The smallest absolute Gasteiger partial charge is 0.355 e. The fraction of sp³-hybridized carbons (Fsp3) is 0.143. The van der Waals surface area contributed by atoms with Crippen LogP contribution in [-0.2, 0) is 13.0 Å². The van der Waals surface area contributed by atoms with Gasteiger partial charge in [-0.25, -0.2) is 23.2 Å². The van der Waals surface area contributed by atoms with Crippen LogP contribution >= 0.6 is 11.8 Å². The van der Waals surface area contributed by atoms with Gasteiger partial charge < -0.3 is 11.1 Å². The van der Waals surface area contributed by atoms with E-state index in [-0.39, 0.29) is 23.1 Å². The molecule has 3 heterocycles. The van der Waals surface area contributed by atoms with Crippen LogP contribution in [0.25, 0.3) is 16.7 Å². The minimum Gasteiger partial charge on any atom is -0.384 e. The van der Waals surface area contributed by atoms with Crippen LogP contribution in [0.4, 0.5) is 21.8 Å². The van der Waals surface area contributed by atoms with Crippen molar-refractivity contribution in [2.45, 2.75) is 13.0 Å². The van der Waals surface area contributed by atoms with Gasteiger partial charge in [-0.1, -0.05) is 25.3 Å². The maximum absolute atomic E-state index is 13.8. The van der Waals surface area contributed by atoms with Crippen molar-refractivity contribution in [3.63, 3.8) is 0 Å². The van der Waals surface area contributed by atoms with E-state index >= 15 is 0 Å². The molecule has 0 bridgehead atoms. The normalized spacial score (nSPS) is 14.3. The Balaban J connectivity index is 1.71. The Labute approximate surface area is 182 Å². The SMILES string of the molecule is C=C/C=C(\C(=C)F)n1c(N)c2cnc(Nc3ccc4c(c3)CN(Cl)CC4)nc2nc1=O. The zero-order valence-corrected chi connectivity index (χ0v) is 17.2. The number of nitrogen functional groups attached to an aromatic ring is 1. The van der Waals surface area contributed by atoms with E-state index in [9.17, 15) is 9.18 Å². The van der Waals surface area contributed by atoms with Crippen LogP contribution < -0.4 is 16.7 Å². The Hall–Kier alpha value is -3.56. The average molecular weight is 440 g/mol. The minimum atomic E-state index is -0.850. The maximum Gasteiger partial charge on any atom is 0.355 e. The summed E-state index contributed by atoms with van der Waals surface area (Å²) < 4.78 is 16.5. The maximum atomic E-state index is 13.8. The molecule has 3 aromatic rings. The number of allylic oxidation sites excluding steroid dienone is 4. The minimum absolute atomic E-state index is 0.0514. The summed E-state index contributed by atoms with van der Waals surface area (Å²) in [5.74, 6) is -0.659. The Morgan fingerprint density at radius 3 is 2.87 bits per heavy atom. The average Bonchev–Trinajstić information content (AvgIpc) is 2.72. The molecule has 31 heavy (non-hydrogen) atoms. The van der Waals surface area contributed by atoms with Crippen molar-refractivity contribution in [3.8, 4) is 0 Å². The number of hydrogen-bond acceptors (Lipinski definition) is 7. The molecule has 0 amide bonds. The molecule has 158 valence electrons. The van der Waals surface area contributed by atoms with Crippen LogP contribution in [0.1, 0.15) is 11.1 Å². The summed E-state index contributed by atoms with van der Waals surface area (Å²) in [7, 11) is 0. The monoisotopic (exact) mass is 439 g/mol. The first-order chi connectivity index (χ1) is 14.9. The molecule has 0 unspecified atom stereocenters. The third-order valence-corrected chi connectivity index (χ3v) is 5.19. The van der Waals surface area contributed by atoms with Crippen molar-refractivity contribution < 1.29 is 4.39 Å². The number of aromatic nitrogens is 4. The largest absolute Gasteiger partial charge is 0.384 e. The number of rotatable bonds is 5. The van der Waals surface area contributed by atoms with Crippen LogP contribution in [0.15, 0.2) is 60.3 Å². The lowest BCUT2D eigenvalue weighted by atomic mass is 10.0. The van der Waals surface area contributed by atoms with Gasteiger partial charge in [-0.05, 0) is 47.5 Å². The van der Waals surface area contributed by atoms with Crippen LogP contribution in [-0.4, -0.2) is 30.5 Å². The molecule has 8 nitrogen and oxygen atoms in total. The molecular weight excluding hydrogens is 421 g/mol. The molecule has 10 heteroatoms. The Kier molecular flexibility index (Phi) is 5.53. The highest BCUT2D eigenvalue weighted by atomic mass is 35.5. The number of benzene rings is 1. The van der Waals surface area contributed by atoms with Crippen molar-refractivity contribution in [1.29, 1.82) is 0 Å². The molecule has 0 saturated carbocycles. The Morgan fingerprint density at radius 2 is 2.13 bits per heavy atom. The van der Waals surface area contributed by atoms with Crippen molar-refractivity contribution in [2.75, 3.05) is 17.6 Å². The summed E-state index contributed by atoms with van der Waals surface area (Å²) in [6.07, 6.45) is 4.91. The van der Waals surface area contributed by atoms with Gasteiger partial charge >= 0.3 is 5.69 Å². The number of fused-ring (bicyclic) bond motifs is 2. The first-order valence-electron chi connectivity index (χ1n) is 9.40. The molecule has 0 saturated heterocycles. The molecule has 0 atom stereocenters. The van der Waals surface area contributed by atoms with Crippen molar-refractivity contribution in [3.05, 3.63) is 77.1 Å². The summed E-state index contributed by atoms with van der Waals surface area (Å²) in [6.45, 7) is 8.19. The first kappa shape index (κ1) is 20.7. The van der Waals surface area contributed by atoms with Crippen molar-refractivity contribution >= 4 is 46.0 Å². The second-order valence-corrected chi connectivity index (χ2v) is 7.42. The third kappa shape index (κ3) is 4.05. The number of hydrogen-bond donors (Lipinski definition) is 2. The molecule has 1 aliphatic heterocycles. The van der Waals surface area contributed by atoms with E-state index in [0.29, 0.717) is 11.9 Å². The second-order valence-electron chi connectivity index (χ2n) is 6.94. The van der Waals surface area contributed by atoms with Gasteiger partial charge in [-0.15, -0.1) is 0 Å². The third-order valence-electron chi connectivity index (χ3n) is 4.90. The van der Waals surface area contributed by atoms with Gasteiger partial charge in [0.1, 0.15) is 11.6 Å². The Morgan fingerprint density at radius 1 is 1.32 bits per heavy atom. The van der Waals surface area contributed by atoms with E-state index in [4.69, 9.17) is 17.5 Å². The molecule has 0 aliphatic carbocycles. The van der Waals surface area contributed by atoms with Gasteiger partial charge in [-0.3, -0.25) is 0 Å². The summed E-state index contributed by atoms with van der Waals surface area (Å²) in [4.78, 5) is 25.0. The highest BCUT2D eigenvalue weighted by molar-refractivity contribution is 6.13. The van der Waals surface area contributed by atoms with Gasteiger partial charge in [-0.2, -0.15) is 9.97 Å². The summed E-state index contributed by atoms with van der Waals surface area (Å²) >= 11 is 6.12. The predicted octanol–water partition coefficient (Wildman–Crippen LogP) is 3.53. The number of nitrogens with zero attached hydrogens (tertiary/aromatic N) is 5. The van der Waals surface area contributed by atoms with Crippen LogP contribution in [0, 0.1) is 0 Å². The van der Waals surface area contributed by atoms with E-state index < -0.39 is 11.5 Å². The van der Waals surface area contributed by atoms with E-state index in [1.165, 1.54) is 23.9 Å². The van der Waals surface area contributed by atoms with Crippen LogP contribution in [0.5, 0.6) is 0 Å². The highest BCUT2D eigenvalue weighted by Crippen LogP contribution is 2.26. The summed E-state index contributed by atoms with van der Waals surface area (Å²) in [5, 5.41) is 3.40. The van der Waals surface area contributed by atoms with Gasteiger partial charge in [0, 0.05) is 25.0 Å². The van der Waals surface area contributed by atoms with Crippen LogP contribution in [0.2, 0.25) is 0 Å². The van der Waals surface area contributed by atoms with Gasteiger partial charge in [0.05, 0.1) is 11.1 Å². The van der Waals surface area contributed by atoms with Gasteiger partial charge in [0.15, 0.2) is 5.65 Å². The lowest BCUT2D eigenvalue weighted by Crippen LogP contribution is -2.26. The first-order valence-corrected chi connectivity index (χ1v) is 9.74. The fourth-order valence-electron chi connectivity index (χ4n) is 3.42. The molecule has 4 rings (SSSR count). The van der Waals surface area contributed by atoms with E-state index in [1.54, 1.807) is 4.42 Å². The number of nitrogens with one attached hydrogen (secondary N) is 1. The second kappa shape index (κ2) is 8.29. The van der Waals surface area contributed by atoms with Crippen molar-refractivity contribution in [2.24, 2.45) is 0 Å². The number of halogens is 2. The summed E-state index contributed by atoms with van der Waals surface area (Å²) in [6, 6.07) is 5.94. The molecule has 0 spiro atoms. The molecule has 2 aromatic heterocycles. The standard InChI is InChI=1S/C21H19ClFN7O/c1-3-4-17(12(2)23)30-18(24)16-10-25-20(27-19(16)28-21(30)31)26-15-6-5-13-7-8-29(22)11-14(13)9-15/h3-6,9-10H,1-2,7-8,11,24H2,(H,26,27,28,31)/b17-4+.